The van der Waals surface area contributed by atoms with Gasteiger partial charge in [0, 0.05) is 12.1 Å². The maximum atomic E-state index is 12.3. The highest BCUT2D eigenvalue weighted by Crippen LogP contribution is 2.30. The number of carbonyl (C=O) groups is 1. The first-order chi connectivity index (χ1) is 10.0. The topological polar surface area (TPSA) is 64.3 Å². The molecule has 4 nitrogen and oxygen atoms in total. The van der Waals surface area contributed by atoms with Gasteiger partial charge in [-0.25, -0.2) is 0 Å². The molecule has 0 fully saturated rings. The summed E-state index contributed by atoms with van der Waals surface area (Å²) in [6.07, 6.45) is 0.0576. The molecule has 5 heteroatoms. The minimum absolute atomic E-state index is 0.185. The molecule has 1 amide bonds. The molecule has 3 N–H and O–H groups in total. The largest absolute Gasteiger partial charge is 0.480 e. The normalized spacial score (nSPS) is 16.2. The lowest BCUT2D eigenvalue weighted by Gasteiger charge is -2.14. The van der Waals surface area contributed by atoms with Crippen molar-refractivity contribution in [2.45, 2.75) is 19.4 Å². The molecular weight excluding hydrogens is 288 g/mol. The van der Waals surface area contributed by atoms with Gasteiger partial charge in [-0.15, -0.1) is 0 Å². The molecule has 1 aliphatic rings. The second-order valence-corrected chi connectivity index (χ2v) is 5.50. The number of amides is 1. The van der Waals surface area contributed by atoms with E-state index in [4.69, 9.17) is 22.1 Å². The number of halogens is 1. The Balaban J connectivity index is 1.75. The molecule has 3 rings (SSSR count). The quantitative estimate of drug-likeness (QED) is 0.838. The second-order valence-electron chi connectivity index (χ2n) is 5.10. The van der Waals surface area contributed by atoms with E-state index in [9.17, 15) is 4.79 Å². The van der Waals surface area contributed by atoms with Gasteiger partial charge >= 0.3 is 0 Å². The van der Waals surface area contributed by atoms with Crippen molar-refractivity contribution in [3.05, 3.63) is 52.5 Å². The number of ether oxygens (including phenoxy) is 1. The van der Waals surface area contributed by atoms with Gasteiger partial charge in [0.05, 0.1) is 10.7 Å². The van der Waals surface area contributed by atoms with E-state index >= 15 is 0 Å². The zero-order valence-electron chi connectivity index (χ0n) is 11.5. The molecule has 21 heavy (non-hydrogen) atoms. The van der Waals surface area contributed by atoms with Gasteiger partial charge in [-0.2, -0.15) is 0 Å². The first kappa shape index (κ1) is 13.8. The Bertz CT molecular complexity index is 690. The molecule has 0 aliphatic carbocycles. The molecule has 108 valence electrons. The van der Waals surface area contributed by atoms with Crippen LogP contribution in [0.3, 0.4) is 0 Å². The van der Waals surface area contributed by atoms with Gasteiger partial charge in [-0.1, -0.05) is 29.8 Å². The molecule has 0 aromatic heterocycles. The molecule has 0 saturated carbocycles. The van der Waals surface area contributed by atoms with E-state index in [1.807, 2.05) is 31.2 Å². The van der Waals surface area contributed by atoms with E-state index in [-0.39, 0.29) is 5.91 Å². The Hall–Kier alpha value is -2.20. The Morgan fingerprint density at radius 1 is 1.38 bits per heavy atom. The Labute approximate surface area is 127 Å². The number of carbonyl (C=O) groups excluding carboxylic acids is 1. The molecule has 0 spiro atoms. The van der Waals surface area contributed by atoms with Crippen LogP contribution in [0.2, 0.25) is 5.02 Å². The standard InChI is InChI=1S/C16H15ClN2O2/c1-9-6-12(18)11(17)8-13(9)19-16(20)15-7-10-4-2-3-5-14(10)21-15/h2-6,8,15H,7,18H2,1H3,(H,19,20). The number of hydrogen-bond donors (Lipinski definition) is 2. The van der Waals surface area contributed by atoms with E-state index in [0.29, 0.717) is 22.8 Å². The maximum absolute atomic E-state index is 12.3. The molecule has 2 aromatic rings. The SMILES string of the molecule is Cc1cc(N)c(Cl)cc1NC(=O)C1Cc2ccccc2O1. The van der Waals surface area contributed by atoms with Crippen molar-refractivity contribution in [3.8, 4) is 5.75 Å². The lowest BCUT2D eigenvalue weighted by Crippen LogP contribution is -2.31. The minimum Gasteiger partial charge on any atom is -0.480 e. The second kappa shape index (κ2) is 5.30. The van der Waals surface area contributed by atoms with Gasteiger partial charge in [0.1, 0.15) is 5.75 Å². The summed E-state index contributed by atoms with van der Waals surface area (Å²) in [4.78, 5) is 12.3. The van der Waals surface area contributed by atoms with Crippen molar-refractivity contribution in [2.24, 2.45) is 0 Å². The van der Waals surface area contributed by atoms with Gasteiger partial charge in [0.2, 0.25) is 0 Å². The van der Waals surface area contributed by atoms with Crippen molar-refractivity contribution in [1.29, 1.82) is 0 Å². The van der Waals surface area contributed by atoms with Crippen molar-refractivity contribution >= 4 is 28.9 Å². The fraction of sp³-hybridized carbons (Fsp3) is 0.188. The van der Waals surface area contributed by atoms with Gasteiger partial charge in [0.25, 0.3) is 5.91 Å². The summed E-state index contributed by atoms with van der Waals surface area (Å²) >= 11 is 5.99. The Kier molecular flexibility index (Phi) is 3.47. The predicted octanol–water partition coefficient (Wildman–Crippen LogP) is 3.17. The third kappa shape index (κ3) is 2.67. The number of benzene rings is 2. The van der Waals surface area contributed by atoms with Crippen LogP contribution in [0.25, 0.3) is 0 Å². The van der Waals surface area contributed by atoms with Gasteiger partial charge in [-0.3, -0.25) is 4.79 Å². The Morgan fingerprint density at radius 2 is 2.14 bits per heavy atom. The van der Waals surface area contributed by atoms with E-state index < -0.39 is 6.10 Å². The molecule has 1 atom stereocenters. The highest BCUT2D eigenvalue weighted by atomic mass is 35.5. The summed E-state index contributed by atoms with van der Waals surface area (Å²) in [5, 5.41) is 3.27. The molecule has 0 saturated heterocycles. The smallest absolute Gasteiger partial charge is 0.265 e. The van der Waals surface area contributed by atoms with Gasteiger partial charge < -0.3 is 15.8 Å². The lowest BCUT2D eigenvalue weighted by molar-refractivity contribution is -0.122. The van der Waals surface area contributed by atoms with E-state index in [1.54, 1.807) is 12.1 Å². The average Bonchev–Trinajstić information content (AvgIpc) is 2.88. The fourth-order valence-corrected chi connectivity index (χ4v) is 2.54. The van der Waals surface area contributed by atoms with E-state index in [0.717, 1.165) is 16.9 Å². The number of aryl methyl sites for hydroxylation is 1. The summed E-state index contributed by atoms with van der Waals surface area (Å²) in [5.74, 6) is 0.583. The van der Waals surface area contributed by atoms with Crippen LogP contribution in [-0.4, -0.2) is 12.0 Å². The summed E-state index contributed by atoms with van der Waals surface area (Å²) in [5.41, 5.74) is 8.79. The first-order valence-electron chi connectivity index (χ1n) is 6.65. The monoisotopic (exact) mass is 302 g/mol. The van der Waals surface area contributed by atoms with Gasteiger partial charge in [0.15, 0.2) is 6.10 Å². The van der Waals surface area contributed by atoms with Crippen molar-refractivity contribution in [1.82, 2.24) is 0 Å². The highest BCUT2D eigenvalue weighted by Gasteiger charge is 2.29. The van der Waals surface area contributed by atoms with Crippen LogP contribution in [0.4, 0.5) is 11.4 Å². The maximum Gasteiger partial charge on any atom is 0.265 e. The zero-order valence-corrected chi connectivity index (χ0v) is 12.3. The molecule has 1 aliphatic heterocycles. The predicted molar refractivity (Wildman–Crippen MR) is 83.8 cm³/mol. The minimum atomic E-state index is -0.516. The summed E-state index contributed by atoms with van der Waals surface area (Å²) < 4.78 is 5.67. The number of fused-ring (bicyclic) bond motifs is 1. The Morgan fingerprint density at radius 3 is 2.90 bits per heavy atom. The van der Waals surface area contributed by atoms with Crippen LogP contribution in [0.1, 0.15) is 11.1 Å². The third-order valence-electron chi connectivity index (χ3n) is 3.54. The van der Waals surface area contributed by atoms with Crippen molar-refractivity contribution < 1.29 is 9.53 Å². The van der Waals surface area contributed by atoms with Crippen molar-refractivity contribution in [2.75, 3.05) is 11.1 Å². The number of para-hydroxylation sites is 1. The highest BCUT2D eigenvalue weighted by molar-refractivity contribution is 6.33. The number of nitrogen functional groups attached to an aromatic ring is 1. The average molecular weight is 303 g/mol. The number of rotatable bonds is 2. The summed E-state index contributed by atoms with van der Waals surface area (Å²) in [7, 11) is 0. The number of nitrogens with one attached hydrogen (secondary N) is 1. The van der Waals surface area contributed by atoms with Crippen LogP contribution in [0, 0.1) is 6.92 Å². The number of hydrogen-bond acceptors (Lipinski definition) is 3. The van der Waals surface area contributed by atoms with Crippen LogP contribution in [0.5, 0.6) is 5.75 Å². The first-order valence-corrected chi connectivity index (χ1v) is 7.03. The van der Waals surface area contributed by atoms with Crippen LogP contribution < -0.4 is 15.8 Å². The zero-order chi connectivity index (χ0) is 15.0. The fourth-order valence-electron chi connectivity index (χ4n) is 2.38. The molecule has 1 heterocycles. The third-order valence-corrected chi connectivity index (χ3v) is 3.87. The van der Waals surface area contributed by atoms with Crippen molar-refractivity contribution in [3.63, 3.8) is 0 Å². The summed E-state index contributed by atoms with van der Waals surface area (Å²) in [6.45, 7) is 1.87. The van der Waals surface area contributed by atoms with E-state index in [1.165, 1.54) is 0 Å². The number of nitrogens with two attached hydrogens (primary N) is 1. The van der Waals surface area contributed by atoms with Crippen LogP contribution >= 0.6 is 11.6 Å². The lowest BCUT2D eigenvalue weighted by atomic mass is 10.1. The molecule has 0 bridgehead atoms. The molecule has 1 unspecified atom stereocenters. The number of anilines is 2. The molecule has 2 aromatic carbocycles. The van der Waals surface area contributed by atoms with Crippen LogP contribution in [0.15, 0.2) is 36.4 Å². The summed E-state index contributed by atoms with van der Waals surface area (Å²) in [6, 6.07) is 11.1. The van der Waals surface area contributed by atoms with Gasteiger partial charge in [-0.05, 0) is 36.2 Å². The van der Waals surface area contributed by atoms with E-state index in [2.05, 4.69) is 5.32 Å². The van der Waals surface area contributed by atoms with Crippen LogP contribution in [-0.2, 0) is 11.2 Å². The molecular formula is C16H15ClN2O2. The molecule has 0 radical (unpaired) electrons.